The fourth-order valence-corrected chi connectivity index (χ4v) is 3.40. The molecule has 1 aliphatic heterocycles. The van der Waals surface area contributed by atoms with Gasteiger partial charge in [0.05, 0.1) is 17.7 Å². The summed E-state index contributed by atoms with van der Waals surface area (Å²) in [6.45, 7) is 1.38. The molecule has 4 rings (SSSR count). The molecule has 0 unspecified atom stereocenters. The quantitative estimate of drug-likeness (QED) is 0.623. The molecule has 132 valence electrons. The molecule has 26 heavy (non-hydrogen) atoms. The van der Waals surface area contributed by atoms with Crippen LogP contribution in [0.1, 0.15) is 19.3 Å². The number of hydrogen-bond acceptors (Lipinski definition) is 5. The molecule has 8 nitrogen and oxygen atoms in total. The van der Waals surface area contributed by atoms with Crippen LogP contribution >= 0.6 is 0 Å². The molecule has 1 aliphatic rings. The summed E-state index contributed by atoms with van der Waals surface area (Å²) >= 11 is 0. The van der Waals surface area contributed by atoms with Crippen molar-refractivity contribution < 1.29 is 4.79 Å². The van der Waals surface area contributed by atoms with Gasteiger partial charge in [-0.2, -0.15) is 5.10 Å². The molecule has 0 radical (unpaired) electrons. The Bertz CT molecular complexity index is 954. The van der Waals surface area contributed by atoms with Crippen LogP contribution in [0.15, 0.2) is 24.8 Å². The number of nitrogens with zero attached hydrogens (tertiary/aromatic N) is 4. The molecule has 4 heterocycles. The van der Waals surface area contributed by atoms with Gasteiger partial charge in [-0.3, -0.25) is 9.89 Å². The van der Waals surface area contributed by atoms with E-state index in [0.29, 0.717) is 12.4 Å². The second kappa shape index (κ2) is 6.88. The topological polar surface area (TPSA) is 103 Å². The van der Waals surface area contributed by atoms with Crippen LogP contribution in [0.25, 0.3) is 22.4 Å². The maximum atomic E-state index is 12.1. The Morgan fingerprint density at radius 2 is 2.38 bits per heavy atom. The number of likely N-dealkylation sites (tertiary alicyclic amines) is 1. The van der Waals surface area contributed by atoms with E-state index >= 15 is 0 Å². The first-order valence-corrected chi connectivity index (χ1v) is 8.56. The smallest absolute Gasteiger partial charge is 0.234 e. The van der Waals surface area contributed by atoms with Gasteiger partial charge in [-0.1, -0.05) is 5.92 Å². The SMILES string of the molecule is C#CCC(=O)N1CCC[C@@H](Nc2c(-c3ncn[nH]3)cnc3[nH]ccc23)C1. The van der Waals surface area contributed by atoms with Crippen molar-refractivity contribution in [1.82, 2.24) is 30.0 Å². The molecule has 3 N–H and O–H groups in total. The normalized spacial score (nSPS) is 17.2. The standard InChI is InChI=1S/C18H19N7O/c1-2-4-15(26)25-8-3-5-12(10-25)23-16-13-6-7-19-17(13)20-9-14(16)18-21-11-22-24-18/h1,6-7,9,11-12H,3-5,8,10H2,(H2,19,20,23)(H,21,22,24)/t12-/m1/s1. The fourth-order valence-electron chi connectivity index (χ4n) is 3.40. The number of hydrogen-bond donors (Lipinski definition) is 3. The van der Waals surface area contributed by atoms with Gasteiger partial charge in [0.2, 0.25) is 5.91 Å². The first-order valence-electron chi connectivity index (χ1n) is 8.56. The molecule has 8 heteroatoms. The summed E-state index contributed by atoms with van der Waals surface area (Å²) in [5, 5.41) is 11.4. The summed E-state index contributed by atoms with van der Waals surface area (Å²) in [6, 6.07) is 2.11. The molecule has 1 atom stereocenters. The van der Waals surface area contributed by atoms with E-state index in [4.69, 9.17) is 6.42 Å². The van der Waals surface area contributed by atoms with Crippen molar-refractivity contribution in [2.45, 2.75) is 25.3 Å². The zero-order valence-electron chi connectivity index (χ0n) is 14.2. The Hall–Kier alpha value is -3.34. The van der Waals surface area contributed by atoms with Gasteiger partial charge in [0, 0.05) is 36.9 Å². The Labute approximate surface area is 150 Å². The zero-order valence-corrected chi connectivity index (χ0v) is 14.2. The average Bonchev–Trinajstić information content (AvgIpc) is 3.34. The highest BCUT2D eigenvalue weighted by atomic mass is 16.2. The summed E-state index contributed by atoms with van der Waals surface area (Å²) < 4.78 is 0. The minimum Gasteiger partial charge on any atom is -0.379 e. The molecule has 3 aromatic rings. The number of H-pyrrole nitrogens is 2. The molecule has 1 saturated heterocycles. The van der Waals surface area contributed by atoms with Crippen LogP contribution in [0.2, 0.25) is 0 Å². The summed E-state index contributed by atoms with van der Waals surface area (Å²) in [5.41, 5.74) is 2.58. The molecular formula is C18H19N7O. The predicted molar refractivity (Wildman–Crippen MR) is 98.1 cm³/mol. The number of amides is 1. The molecule has 0 bridgehead atoms. The van der Waals surface area contributed by atoms with Crippen LogP contribution in [0.3, 0.4) is 0 Å². The second-order valence-corrected chi connectivity index (χ2v) is 6.33. The largest absolute Gasteiger partial charge is 0.379 e. The lowest BCUT2D eigenvalue weighted by Crippen LogP contribution is -2.45. The molecule has 1 amide bonds. The lowest BCUT2D eigenvalue weighted by molar-refractivity contribution is -0.131. The molecule has 0 spiro atoms. The van der Waals surface area contributed by atoms with Crippen LogP contribution < -0.4 is 5.32 Å². The molecule has 1 fully saturated rings. The number of aromatic nitrogens is 5. The van der Waals surface area contributed by atoms with Crippen LogP contribution in [0.5, 0.6) is 0 Å². The summed E-state index contributed by atoms with van der Waals surface area (Å²) in [5.74, 6) is 3.10. The highest BCUT2D eigenvalue weighted by molar-refractivity contribution is 5.97. The monoisotopic (exact) mass is 349 g/mol. The van der Waals surface area contributed by atoms with Crippen LogP contribution in [0.4, 0.5) is 5.69 Å². The molecule has 0 saturated carbocycles. The van der Waals surface area contributed by atoms with Crippen LogP contribution in [0, 0.1) is 12.3 Å². The number of terminal acetylenes is 1. The third-order valence-electron chi connectivity index (χ3n) is 4.63. The van der Waals surface area contributed by atoms with E-state index < -0.39 is 0 Å². The van der Waals surface area contributed by atoms with Gasteiger partial charge in [0.25, 0.3) is 0 Å². The maximum absolute atomic E-state index is 12.1. The first-order chi connectivity index (χ1) is 12.8. The van der Waals surface area contributed by atoms with E-state index in [1.807, 2.05) is 17.2 Å². The second-order valence-electron chi connectivity index (χ2n) is 6.33. The van der Waals surface area contributed by atoms with E-state index in [9.17, 15) is 4.79 Å². The van der Waals surface area contributed by atoms with Crippen LogP contribution in [-0.4, -0.2) is 55.1 Å². The van der Waals surface area contributed by atoms with E-state index in [2.05, 4.69) is 36.4 Å². The van der Waals surface area contributed by atoms with Gasteiger partial charge >= 0.3 is 0 Å². The van der Waals surface area contributed by atoms with Gasteiger partial charge in [-0.05, 0) is 18.9 Å². The van der Waals surface area contributed by atoms with Gasteiger partial charge in [0.1, 0.15) is 12.0 Å². The molecule has 0 aliphatic carbocycles. The molecule has 0 aromatic carbocycles. The van der Waals surface area contributed by atoms with E-state index in [1.165, 1.54) is 6.33 Å². The van der Waals surface area contributed by atoms with Crippen molar-refractivity contribution in [3.8, 4) is 23.7 Å². The average molecular weight is 349 g/mol. The van der Waals surface area contributed by atoms with Crippen molar-refractivity contribution in [3.63, 3.8) is 0 Å². The van der Waals surface area contributed by atoms with Crippen molar-refractivity contribution >= 4 is 22.6 Å². The van der Waals surface area contributed by atoms with E-state index in [0.717, 1.165) is 41.7 Å². The van der Waals surface area contributed by atoms with Crippen molar-refractivity contribution in [1.29, 1.82) is 0 Å². The van der Waals surface area contributed by atoms with Crippen molar-refractivity contribution in [3.05, 3.63) is 24.8 Å². The third kappa shape index (κ3) is 2.99. The minimum absolute atomic E-state index is 0.0102. The summed E-state index contributed by atoms with van der Waals surface area (Å²) in [4.78, 5) is 25.8. The summed E-state index contributed by atoms with van der Waals surface area (Å²) in [6.07, 6.45) is 12.4. The zero-order chi connectivity index (χ0) is 17.9. The van der Waals surface area contributed by atoms with Gasteiger partial charge in [-0.15, -0.1) is 6.42 Å². The number of rotatable bonds is 4. The predicted octanol–water partition coefficient (Wildman–Crippen LogP) is 1.77. The maximum Gasteiger partial charge on any atom is 0.234 e. The number of carbonyl (C=O) groups is 1. The van der Waals surface area contributed by atoms with E-state index in [-0.39, 0.29) is 18.4 Å². The van der Waals surface area contributed by atoms with Gasteiger partial charge < -0.3 is 15.2 Å². The Kier molecular flexibility index (Phi) is 4.27. The number of aromatic amines is 2. The van der Waals surface area contributed by atoms with Crippen molar-refractivity contribution in [2.24, 2.45) is 0 Å². The van der Waals surface area contributed by atoms with Crippen LogP contribution in [-0.2, 0) is 4.79 Å². The fraction of sp³-hybridized carbons (Fsp3) is 0.333. The molecule has 3 aromatic heterocycles. The lowest BCUT2D eigenvalue weighted by Gasteiger charge is -2.34. The highest BCUT2D eigenvalue weighted by Gasteiger charge is 2.25. The summed E-state index contributed by atoms with van der Waals surface area (Å²) in [7, 11) is 0. The molecular weight excluding hydrogens is 330 g/mol. The van der Waals surface area contributed by atoms with E-state index in [1.54, 1.807) is 6.20 Å². The minimum atomic E-state index is 0.0102. The third-order valence-corrected chi connectivity index (χ3v) is 4.63. The number of anilines is 1. The van der Waals surface area contributed by atoms with Gasteiger partial charge in [0.15, 0.2) is 5.82 Å². The number of fused-ring (bicyclic) bond motifs is 1. The van der Waals surface area contributed by atoms with Crippen molar-refractivity contribution in [2.75, 3.05) is 18.4 Å². The Morgan fingerprint density at radius 1 is 1.46 bits per heavy atom. The Morgan fingerprint density at radius 3 is 3.19 bits per heavy atom. The van der Waals surface area contributed by atoms with Gasteiger partial charge in [-0.25, -0.2) is 9.97 Å². The number of carbonyl (C=O) groups excluding carboxylic acids is 1. The number of piperidine rings is 1. The number of pyridine rings is 1. The first kappa shape index (κ1) is 16.1. The highest BCUT2D eigenvalue weighted by Crippen LogP contribution is 2.32. The Balaban J connectivity index is 1.64. The number of nitrogens with one attached hydrogen (secondary N) is 3. The lowest BCUT2D eigenvalue weighted by atomic mass is 10.0.